The van der Waals surface area contributed by atoms with Crippen LogP contribution in [0.3, 0.4) is 0 Å². The van der Waals surface area contributed by atoms with Crippen molar-refractivity contribution in [1.29, 1.82) is 5.26 Å². The molecule has 0 aliphatic heterocycles. The molecule has 1 aromatic carbocycles. The van der Waals surface area contributed by atoms with E-state index >= 15 is 0 Å². The van der Waals surface area contributed by atoms with E-state index in [4.69, 9.17) is 9.47 Å². The van der Waals surface area contributed by atoms with Gasteiger partial charge in [0.25, 0.3) is 5.91 Å². The summed E-state index contributed by atoms with van der Waals surface area (Å²) < 4.78 is 12.1. The van der Waals surface area contributed by atoms with Crippen LogP contribution in [0.5, 0.6) is 11.5 Å². The van der Waals surface area contributed by atoms with Gasteiger partial charge in [-0.15, -0.1) is 11.3 Å². The highest BCUT2D eigenvalue weighted by Gasteiger charge is 2.15. The van der Waals surface area contributed by atoms with Crippen molar-refractivity contribution in [3.05, 3.63) is 39.3 Å². The Morgan fingerprint density at radius 2 is 2.23 bits per heavy atom. The molecule has 1 aromatic heterocycles. The number of halogens is 1. The Balaban J connectivity index is 2.35. The fourth-order valence-electron chi connectivity index (χ4n) is 2.03. The van der Waals surface area contributed by atoms with E-state index in [9.17, 15) is 10.1 Å². The van der Waals surface area contributed by atoms with Crippen LogP contribution in [0.25, 0.3) is 6.08 Å². The summed E-state index contributed by atoms with van der Waals surface area (Å²) in [6.07, 6.45) is 3.06. The van der Waals surface area contributed by atoms with Gasteiger partial charge in [0.05, 0.1) is 12.7 Å². The van der Waals surface area contributed by atoms with Gasteiger partial charge in [-0.1, -0.05) is 15.9 Å². The second kappa shape index (κ2) is 9.36. The third-order valence-electron chi connectivity index (χ3n) is 3.04. The normalized spacial score (nSPS) is 11.2. The predicted octanol–water partition coefficient (Wildman–Crippen LogP) is 4.64. The number of ether oxygens (including phenoxy) is 2. The van der Waals surface area contributed by atoms with Crippen molar-refractivity contribution in [3.63, 3.8) is 0 Å². The highest BCUT2D eigenvalue weighted by molar-refractivity contribution is 9.10. The SMILES string of the molecule is CCOc1cc(C=C(C#N)C(=O)Nc2nccs2)c(Br)cc1OC(C)C. The highest BCUT2D eigenvalue weighted by atomic mass is 79.9. The zero-order chi connectivity index (χ0) is 19.1. The molecule has 0 unspecified atom stereocenters. The van der Waals surface area contributed by atoms with Crippen molar-refractivity contribution in [2.75, 3.05) is 11.9 Å². The third kappa shape index (κ3) is 5.31. The van der Waals surface area contributed by atoms with E-state index in [-0.39, 0.29) is 11.7 Å². The van der Waals surface area contributed by atoms with Gasteiger partial charge in [-0.3, -0.25) is 10.1 Å². The second-order valence-electron chi connectivity index (χ2n) is 5.38. The number of nitrogens with zero attached hydrogens (tertiary/aromatic N) is 2. The first-order valence-corrected chi connectivity index (χ1v) is 9.57. The molecule has 2 rings (SSSR count). The van der Waals surface area contributed by atoms with E-state index in [1.807, 2.05) is 26.8 Å². The van der Waals surface area contributed by atoms with Crippen molar-refractivity contribution in [2.45, 2.75) is 26.9 Å². The molecule has 0 radical (unpaired) electrons. The monoisotopic (exact) mass is 435 g/mol. The van der Waals surface area contributed by atoms with E-state index in [0.29, 0.717) is 33.3 Å². The number of benzene rings is 1. The maximum absolute atomic E-state index is 12.3. The molecule has 6 nitrogen and oxygen atoms in total. The Morgan fingerprint density at radius 1 is 1.46 bits per heavy atom. The van der Waals surface area contributed by atoms with Crippen molar-refractivity contribution < 1.29 is 14.3 Å². The van der Waals surface area contributed by atoms with Crippen LogP contribution in [-0.2, 0) is 4.79 Å². The summed E-state index contributed by atoms with van der Waals surface area (Å²) in [5, 5.41) is 14.1. The molecule has 1 amide bonds. The topological polar surface area (TPSA) is 84.2 Å². The Bertz CT molecular complexity index is 842. The summed E-state index contributed by atoms with van der Waals surface area (Å²) in [6.45, 7) is 6.19. The maximum Gasteiger partial charge on any atom is 0.268 e. The Hall–Kier alpha value is -2.37. The quantitative estimate of drug-likeness (QED) is 0.505. The Kier molecular flexibility index (Phi) is 7.18. The first-order chi connectivity index (χ1) is 12.4. The van der Waals surface area contributed by atoms with Crippen molar-refractivity contribution in [3.8, 4) is 17.6 Å². The van der Waals surface area contributed by atoms with E-state index in [2.05, 4.69) is 26.2 Å². The van der Waals surface area contributed by atoms with Gasteiger partial charge in [0.2, 0.25) is 0 Å². The maximum atomic E-state index is 12.3. The molecular formula is C18H18BrN3O3S. The number of hydrogen-bond acceptors (Lipinski definition) is 6. The van der Waals surface area contributed by atoms with E-state index in [1.54, 1.807) is 23.7 Å². The third-order valence-corrected chi connectivity index (χ3v) is 4.42. The number of thiazole rings is 1. The lowest BCUT2D eigenvalue weighted by molar-refractivity contribution is -0.112. The lowest BCUT2D eigenvalue weighted by Gasteiger charge is -2.16. The second-order valence-corrected chi connectivity index (χ2v) is 7.13. The average Bonchev–Trinajstić information content (AvgIpc) is 3.08. The fourth-order valence-corrected chi connectivity index (χ4v) is 2.99. The highest BCUT2D eigenvalue weighted by Crippen LogP contribution is 2.35. The van der Waals surface area contributed by atoms with Crippen LogP contribution in [-0.4, -0.2) is 23.6 Å². The number of rotatable bonds is 7. The number of anilines is 1. The van der Waals surface area contributed by atoms with Crippen LogP contribution in [0, 0.1) is 11.3 Å². The smallest absolute Gasteiger partial charge is 0.268 e. The van der Waals surface area contributed by atoms with Crippen molar-refractivity contribution in [2.24, 2.45) is 0 Å². The summed E-state index contributed by atoms with van der Waals surface area (Å²) in [4.78, 5) is 16.3. The summed E-state index contributed by atoms with van der Waals surface area (Å²) in [5.41, 5.74) is 0.594. The minimum Gasteiger partial charge on any atom is -0.490 e. The molecule has 0 aliphatic rings. The van der Waals surface area contributed by atoms with Gasteiger partial charge >= 0.3 is 0 Å². The van der Waals surface area contributed by atoms with Crippen LogP contribution in [0.15, 0.2) is 33.8 Å². The van der Waals surface area contributed by atoms with Crippen molar-refractivity contribution in [1.82, 2.24) is 4.98 Å². The molecule has 0 spiro atoms. The molecular weight excluding hydrogens is 418 g/mol. The molecule has 136 valence electrons. The van der Waals surface area contributed by atoms with Gasteiger partial charge in [0, 0.05) is 16.0 Å². The molecule has 8 heteroatoms. The number of nitrogens with one attached hydrogen (secondary N) is 1. The van der Waals surface area contributed by atoms with Gasteiger partial charge in [-0.25, -0.2) is 4.98 Å². The average molecular weight is 436 g/mol. The molecule has 0 fully saturated rings. The Morgan fingerprint density at radius 3 is 2.81 bits per heavy atom. The lowest BCUT2D eigenvalue weighted by Crippen LogP contribution is -2.13. The molecule has 0 aliphatic carbocycles. The molecule has 0 saturated heterocycles. The van der Waals surface area contributed by atoms with E-state index in [0.717, 1.165) is 0 Å². The van der Waals surface area contributed by atoms with Gasteiger partial charge in [-0.2, -0.15) is 5.26 Å². The molecule has 2 aromatic rings. The van der Waals surface area contributed by atoms with E-state index in [1.165, 1.54) is 17.4 Å². The minimum absolute atomic E-state index is 0.0127. The summed E-state index contributed by atoms with van der Waals surface area (Å²) in [7, 11) is 0. The molecule has 0 saturated carbocycles. The largest absolute Gasteiger partial charge is 0.490 e. The number of nitriles is 1. The van der Waals surface area contributed by atoms with Crippen LogP contribution in [0.4, 0.5) is 5.13 Å². The zero-order valence-corrected chi connectivity index (χ0v) is 17.0. The predicted molar refractivity (Wildman–Crippen MR) is 105 cm³/mol. The number of carbonyl (C=O) groups is 1. The summed E-state index contributed by atoms with van der Waals surface area (Å²) >= 11 is 4.74. The molecule has 0 bridgehead atoms. The zero-order valence-electron chi connectivity index (χ0n) is 14.6. The molecule has 1 N–H and O–H groups in total. The lowest BCUT2D eigenvalue weighted by atomic mass is 10.1. The number of carbonyl (C=O) groups excluding carboxylic acids is 1. The minimum atomic E-state index is -0.519. The van der Waals surface area contributed by atoms with Gasteiger partial charge in [-0.05, 0) is 44.5 Å². The van der Waals surface area contributed by atoms with Gasteiger partial charge in [0.1, 0.15) is 11.6 Å². The van der Waals surface area contributed by atoms with Crippen LogP contribution in [0.2, 0.25) is 0 Å². The van der Waals surface area contributed by atoms with Gasteiger partial charge in [0.15, 0.2) is 16.6 Å². The fraction of sp³-hybridized carbons (Fsp3) is 0.278. The van der Waals surface area contributed by atoms with Crippen LogP contribution >= 0.6 is 27.3 Å². The number of aromatic nitrogens is 1. The summed E-state index contributed by atoms with van der Waals surface area (Å²) in [6, 6.07) is 5.43. The molecule has 1 heterocycles. The van der Waals surface area contributed by atoms with Crippen LogP contribution in [0.1, 0.15) is 26.3 Å². The Labute approximate surface area is 164 Å². The van der Waals surface area contributed by atoms with Crippen LogP contribution < -0.4 is 14.8 Å². The number of hydrogen-bond donors (Lipinski definition) is 1. The van der Waals surface area contributed by atoms with E-state index < -0.39 is 5.91 Å². The first-order valence-electron chi connectivity index (χ1n) is 7.90. The molecule has 0 atom stereocenters. The summed E-state index contributed by atoms with van der Waals surface area (Å²) in [5.74, 6) is 0.625. The molecule has 26 heavy (non-hydrogen) atoms. The van der Waals surface area contributed by atoms with Gasteiger partial charge < -0.3 is 9.47 Å². The standard InChI is InChI=1S/C18H18BrN3O3S/c1-4-24-15-8-12(14(19)9-16(15)25-11(2)3)7-13(10-20)17(23)22-18-21-5-6-26-18/h5-9,11H,4H2,1-3H3,(H,21,22,23). The van der Waals surface area contributed by atoms with Crippen molar-refractivity contribution >= 4 is 44.4 Å². The first kappa shape index (κ1) is 19.9. The number of amides is 1.